The van der Waals surface area contributed by atoms with Gasteiger partial charge in [-0.2, -0.15) is 0 Å². The Morgan fingerprint density at radius 2 is 1.84 bits per heavy atom. The van der Waals surface area contributed by atoms with E-state index in [4.69, 9.17) is 0 Å². The Morgan fingerprint density at radius 3 is 2.66 bits per heavy atom. The molecule has 7 nitrogen and oxygen atoms in total. The molecule has 0 aliphatic heterocycles. The fourth-order valence-electron chi connectivity index (χ4n) is 3.74. The molecule has 0 spiro atoms. The van der Waals surface area contributed by atoms with Crippen molar-refractivity contribution in [3.63, 3.8) is 0 Å². The Kier molecular flexibility index (Phi) is 4.74. The van der Waals surface area contributed by atoms with Gasteiger partial charge in [0, 0.05) is 41.6 Å². The summed E-state index contributed by atoms with van der Waals surface area (Å²) < 4.78 is 29.2. The number of aryl methyl sites for hydroxylation is 1. The lowest BCUT2D eigenvalue weighted by Gasteiger charge is -2.12. The zero-order valence-corrected chi connectivity index (χ0v) is 18.8. The standard InChI is InChI=1S/C24H23N5O2S/c1-15(2)32(30,31)28-19-6-4-5-16(9-19)18-10-20-21(13-26-24(20)25-12-18)17-7-8-22-23(11-17)29(3)14-27-22/h4-15,28H,1-3H3,(H,25,26). The number of nitrogens with one attached hydrogen (secondary N) is 2. The number of rotatable bonds is 5. The molecule has 32 heavy (non-hydrogen) atoms. The first-order chi connectivity index (χ1) is 15.3. The van der Waals surface area contributed by atoms with Crippen LogP contribution in [0.15, 0.2) is 67.3 Å². The maximum absolute atomic E-state index is 12.3. The minimum atomic E-state index is -3.41. The molecule has 8 heteroatoms. The number of hydrogen-bond acceptors (Lipinski definition) is 4. The number of fused-ring (bicyclic) bond motifs is 2. The van der Waals surface area contributed by atoms with Gasteiger partial charge in [0.25, 0.3) is 0 Å². The predicted octanol–water partition coefficient (Wildman–Crippen LogP) is 4.93. The maximum atomic E-state index is 12.3. The van der Waals surface area contributed by atoms with Crippen LogP contribution >= 0.6 is 0 Å². The van der Waals surface area contributed by atoms with Gasteiger partial charge in [-0.1, -0.05) is 18.2 Å². The number of hydrogen-bond donors (Lipinski definition) is 2. The minimum Gasteiger partial charge on any atom is -0.346 e. The molecule has 0 fully saturated rings. The molecule has 0 amide bonds. The Morgan fingerprint density at radius 1 is 1.00 bits per heavy atom. The predicted molar refractivity (Wildman–Crippen MR) is 129 cm³/mol. The summed E-state index contributed by atoms with van der Waals surface area (Å²) >= 11 is 0. The zero-order valence-electron chi connectivity index (χ0n) is 18.0. The molecule has 3 heterocycles. The Balaban J connectivity index is 1.57. The average Bonchev–Trinajstić information content (AvgIpc) is 3.36. The van der Waals surface area contributed by atoms with Crippen LogP contribution in [0.4, 0.5) is 5.69 Å². The smallest absolute Gasteiger partial charge is 0.235 e. The van der Waals surface area contributed by atoms with E-state index in [1.165, 1.54) is 0 Å². The van der Waals surface area contributed by atoms with Crippen LogP contribution in [0, 0.1) is 0 Å². The largest absolute Gasteiger partial charge is 0.346 e. The molecule has 2 N–H and O–H groups in total. The van der Waals surface area contributed by atoms with Crippen molar-refractivity contribution in [1.29, 1.82) is 0 Å². The van der Waals surface area contributed by atoms with Crippen molar-refractivity contribution < 1.29 is 8.42 Å². The summed E-state index contributed by atoms with van der Waals surface area (Å²) in [5.41, 5.74) is 7.27. The van der Waals surface area contributed by atoms with E-state index in [2.05, 4.69) is 37.9 Å². The number of benzene rings is 2. The lowest BCUT2D eigenvalue weighted by molar-refractivity contribution is 0.593. The SMILES string of the molecule is CC(C)S(=O)(=O)Nc1cccc(-c2cnc3[nH]cc(-c4ccc5ncn(C)c5c4)c3c2)c1. The monoisotopic (exact) mass is 445 g/mol. The molecule has 5 rings (SSSR count). The molecule has 5 aromatic rings. The highest BCUT2D eigenvalue weighted by Crippen LogP contribution is 2.33. The normalized spacial score (nSPS) is 12.1. The van der Waals surface area contributed by atoms with E-state index < -0.39 is 15.3 Å². The molecule has 3 aromatic heterocycles. The quantitative estimate of drug-likeness (QED) is 0.401. The number of aromatic amines is 1. The third-order valence-electron chi connectivity index (χ3n) is 5.64. The van der Waals surface area contributed by atoms with Gasteiger partial charge in [-0.15, -0.1) is 0 Å². The lowest BCUT2D eigenvalue weighted by atomic mass is 10.0. The molecule has 0 radical (unpaired) electrons. The van der Waals surface area contributed by atoms with Crippen molar-refractivity contribution in [3.05, 3.63) is 67.3 Å². The summed E-state index contributed by atoms with van der Waals surface area (Å²) in [4.78, 5) is 12.2. The summed E-state index contributed by atoms with van der Waals surface area (Å²) in [5, 5.41) is 0.487. The third kappa shape index (κ3) is 3.52. The van der Waals surface area contributed by atoms with E-state index in [9.17, 15) is 8.42 Å². The van der Waals surface area contributed by atoms with Crippen LogP contribution in [0.2, 0.25) is 0 Å². The number of H-pyrrole nitrogens is 1. The van der Waals surface area contributed by atoms with Crippen molar-refractivity contribution in [2.75, 3.05) is 4.72 Å². The van der Waals surface area contributed by atoms with E-state index in [0.717, 1.165) is 44.3 Å². The molecule has 2 aromatic carbocycles. The van der Waals surface area contributed by atoms with Crippen molar-refractivity contribution in [3.8, 4) is 22.3 Å². The highest BCUT2D eigenvalue weighted by atomic mass is 32.2. The van der Waals surface area contributed by atoms with Crippen LogP contribution in [0.3, 0.4) is 0 Å². The van der Waals surface area contributed by atoms with Gasteiger partial charge in [-0.3, -0.25) is 4.72 Å². The van der Waals surface area contributed by atoms with Crippen molar-refractivity contribution in [2.24, 2.45) is 7.05 Å². The van der Waals surface area contributed by atoms with E-state index in [-0.39, 0.29) is 0 Å². The fourth-order valence-corrected chi connectivity index (χ4v) is 4.43. The molecular weight excluding hydrogens is 422 g/mol. The summed E-state index contributed by atoms with van der Waals surface area (Å²) in [6.07, 6.45) is 5.57. The molecule has 0 bridgehead atoms. The Hall–Kier alpha value is -3.65. The summed E-state index contributed by atoms with van der Waals surface area (Å²) in [6.45, 7) is 3.31. The van der Waals surface area contributed by atoms with Crippen LogP contribution < -0.4 is 4.72 Å². The van der Waals surface area contributed by atoms with Gasteiger partial charge in [-0.05, 0) is 55.3 Å². The highest BCUT2D eigenvalue weighted by Gasteiger charge is 2.16. The number of pyridine rings is 1. The number of imidazole rings is 1. The van der Waals surface area contributed by atoms with Gasteiger partial charge in [0.05, 0.1) is 22.6 Å². The maximum Gasteiger partial charge on any atom is 0.235 e. The molecule has 162 valence electrons. The minimum absolute atomic E-state index is 0.511. The van der Waals surface area contributed by atoms with Crippen molar-refractivity contribution in [1.82, 2.24) is 19.5 Å². The Labute approximate surface area is 186 Å². The fraction of sp³-hybridized carbons (Fsp3) is 0.167. The highest BCUT2D eigenvalue weighted by molar-refractivity contribution is 7.93. The zero-order chi connectivity index (χ0) is 22.5. The van der Waals surface area contributed by atoms with Gasteiger partial charge in [0.1, 0.15) is 5.65 Å². The van der Waals surface area contributed by atoms with Crippen molar-refractivity contribution in [2.45, 2.75) is 19.1 Å². The topological polar surface area (TPSA) is 92.7 Å². The summed E-state index contributed by atoms with van der Waals surface area (Å²) in [5.74, 6) is 0. The van der Waals surface area contributed by atoms with E-state index in [1.54, 1.807) is 26.1 Å². The van der Waals surface area contributed by atoms with Gasteiger partial charge in [0.15, 0.2) is 0 Å². The van der Waals surface area contributed by atoms with Gasteiger partial charge in [0.2, 0.25) is 10.0 Å². The molecule has 0 atom stereocenters. The summed E-state index contributed by atoms with van der Waals surface area (Å²) in [7, 11) is -1.43. The van der Waals surface area contributed by atoms with Crippen molar-refractivity contribution >= 4 is 37.8 Å². The summed E-state index contributed by atoms with van der Waals surface area (Å²) in [6, 6.07) is 15.7. The van der Waals surface area contributed by atoms with Crippen LogP contribution in [0.5, 0.6) is 0 Å². The Bertz CT molecular complexity index is 1560. The van der Waals surface area contributed by atoms with Crippen LogP contribution in [0.1, 0.15) is 13.8 Å². The van der Waals surface area contributed by atoms with Gasteiger partial charge >= 0.3 is 0 Å². The number of aromatic nitrogens is 4. The molecular formula is C24H23N5O2S. The second-order valence-corrected chi connectivity index (χ2v) is 10.4. The van der Waals surface area contributed by atoms with Gasteiger partial charge < -0.3 is 9.55 Å². The first kappa shape index (κ1) is 20.3. The molecule has 0 aliphatic rings. The van der Waals surface area contributed by atoms with E-state index in [0.29, 0.717) is 5.69 Å². The lowest BCUT2D eigenvalue weighted by Crippen LogP contribution is -2.22. The molecule has 0 saturated carbocycles. The number of sulfonamides is 1. The first-order valence-electron chi connectivity index (χ1n) is 10.3. The molecule has 0 saturated heterocycles. The first-order valence-corrected chi connectivity index (χ1v) is 11.9. The van der Waals surface area contributed by atoms with Crippen LogP contribution in [-0.2, 0) is 17.1 Å². The molecule has 0 unspecified atom stereocenters. The third-order valence-corrected chi connectivity index (χ3v) is 7.41. The van der Waals surface area contributed by atoms with E-state index in [1.807, 2.05) is 48.4 Å². The number of nitrogens with zero attached hydrogens (tertiary/aromatic N) is 3. The second kappa shape index (κ2) is 7.49. The van der Waals surface area contributed by atoms with Crippen LogP contribution in [0.25, 0.3) is 44.3 Å². The van der Waals surface area contributed by atoms with Gasteiger partial charge in [-0.25, -0.2) is 18.4 Å². The van der Waals surface area contributed by atoms with Crippen LogP contribution in [-0.4, -0.2) is 33.2 Å². The average molecular weight is 446 g/mol. The molecule has 0 aliphatic carbocycles. The van der Waals surface area contributed by atoms with E-state index >= 15 is 0 Å². The number of anilines is 1. The second-order valence-electron chi connectivity index (χ2n) is 8.16.